The Kier molecular flexibility index (Phi) is 6.06. The lowest BCUT2D eigenvalue weighted by molar-refractivity contribution is -0.130. The summed E-state index contributed by atoms with van der Waals surface area (Å²) in [4.78, 5) is 33.3. The van der Waals surface area contributed by atoms with Gasteiger partial charge in [-0.25, -0.2) is 0 Å². The molecular weight excluding hydrogens is 342 g/mol. The highest BCUT2D eigenvalue weighted by Crippen LogP contribution is 2.15. The van der Waals surface area contributed by atoms with Gasteiger partial charge in [-0.05, 0) is 43.2 Å². The predicted octanol–water partition coefficient (Wildman–Crippen LogP) is 2.32. The molecule has 0 radical (unpaired) electrons. The Morgan fingerprint density at radius 2 is 1.85 bits per heavy atom. The molecule has 0 atom stereocenters. The van der Waals surface area contributed by atoms with Crippen LogP contribution < -0.4 is 4.74 Å². The molecule has 1 aromatic heterocycles. The summed E-state index contributed by atoms with van der Waals surface area (Å²) in [6.45, 7) is 4.24. The van der Waals surface area contributed by atoms with Crippen molar-refractivity contribution in [1.82, 2.24) is 14.8 Å². The maximum Gasteiger partial charge on any atom is 0.255 e. The zero-order valence-corrected chi connectivity index (χ0v) is 15.9. The third-order valence-corrected chi connectivity index (χ3v) is 4.86. The van der Waals surface area contributed by atoms with Crippen LogP contribution in [0.15, 0.2) is 42.6 Å². The standard InChI is InChI=1S/C21H25N3O3/c1-16-19(8-4-9-22-16)21(26)24-11-5-10-23(12-13-24)20(25)15-17-6-3-7-18(14-17)27-2/h3-4,6-9,14H,5,10-13,15H2,1-2H3. The van der Waals surface area contributed by atoms with E-state index in [1.54, 1.807) is 25.4 Å². The van der Waals surface area contributed by atoms with Gasteiger partial charge >= 0.3 is 0 Å². The number of benzene rings is 1. The molecule has 0 bridgehead atoms. The molecule has 2 heterocycles. The van der Waals surface area contributed by atoms with E-state index < -0.39 is 0 Å². The Hall–Kier alpha value is -2.89. The maximum atomic E-state index is 12.8. The van der Waals surface area contributed by atoms with E-state index in [1.165, 1.54) is 0 Å². The minimum Gasteiger partial charge on any atom is -0.497 e. The van der Waals surface area contributed by atoms with Gasteiger partial charge in [-0.3, -0.25) is 14.6 Å². The van der Waals surface area contributed by atoms with E-state index in [9.17, 15) is 9.59 Å². The minimum atomic E-state index is -0.0114. The Labute approximate surface area is 159 Å². The number of pyridine rings is 1. The van der Waals surface area contributed by atoms with Crippen molar-refractivity contribution in [2.45, 2.75) is 19.8 Å². The molecule has 0 N–H and O–H groups in total. The lowest BCUT2D eigenvalue weighted by atomic mass is 10.1. The number of rotatable bonds is 4. The lowest BCUT2D eigenvalue weighted by Gasteiger charge is -2.22. The van der Waals surface area contributed by atoms with E-state index in [-0.39, 0.29) is 11.8 Å². The summed E-state index contributed by atoms with van der Waals surface area (Å²) in [7, 11) is 1.62. The first-order valence-electron chi connectivity index (χ1n) is 9.20. The molecular formula is C21H25N3O3. The third kappa shape index (κ3) is 4.64. The quantitative estimate of drug-likeness (QED) is 0.832. The number of nitrogens with zero attached hydrogens (tertiary/aromatic N) is 3. The number of aromatic nitrogens is 1. The van der Waals surface area contributed by atoms with Crippen LogP contribution >= 0.6 is 0 Å². The van der Waals surface area contributed by atoms with Crippen LogP contribution in [0.25, 0.3) is 0 Å². The number of methoxy groups -OCH3 is 1. The molecule has 27 heavy (non-hydrogen) atoms. The van der Waals surface area contributed by atoms with E-state index >= 15 is 0 Å². The molecule has 0 spiro atoms. The molecule has 0 unspecified atom stereocenters. The van der Waals surface area contributed by atoms with Gasteiger partial charge in [0.05, 0.1) is 19.1 Å². The van der Waals surface area contributed by atoms with Gasteiger partial charge in [-0.2, -0.15) is 0 Å². The highest BCUT2D eigenvalue weighted by molar-refractivity contribution is 5.95. The Morgan fingerprint density at radius 3 is 2.63 bits per heavy atom. The molecule has 1 fully saturated rings. The molecule has 3 rings (SSSR count). The Morgan fingerprint density at radius 1 is 1.07 bits per heavy atom. The van der Waals surface area contributed by atoms with Crippen LogP contribution in [0.4, 0.5) is 0 Å². The summed E-state index contributed by atoms with van der Waals surface area (Å²) >= 11 is 0. The highest BCUT2D eigenvalue weighted by atomic mass is 16.5. The average Bonchev–Trinajstić information content (AvgIpc) is 2.94. The van der Waals surface area contributed by atoms with Gasteiger partial charge in [0.2, 0.25) is 5.91 Å². The van der Waals surface area contributed by atoms with Gasteiger partial charge in [0, 0.05) is 38.1 Å². The van der Waals surface area contributed by atoms with E-state index in [4.69, 9.17) is 4.74 Å². The van der Waals surface area contributed by atoms with Gasteiger partial charge in [-0.1, -0.05) is 12.1 Å². The summed E-state index contributed by atoms with van der Waals surface area (Å²) in [5.74, 6) is 0.817. The minimum absolute atomic E-state index is 0.0114. The van der Waals surface area contributed by atoms with Gasteiger partial charge < -0.3 is 14.5 Å². The van der Waals surface area contributed by atoms with Crippen LogP contribution in [-0.4, -0.2) is 59.9 Å². The summed E-state index contributed by atoms with van der Waals surface area (Å²) in [5, 5.41) is 0. The number of hydrogen-bond donors (Lipinski definition) is 0. The lowest BCUT2D eigenvalue weighted by Crippen LogP contribution is -2.38. The van der Waals surface area contributed by atoms with Crippen LogP contribution in [0.5, 0.6) is 5.75 Å². The first-order chi connectivity index (χ1) is 13.1. The number of ether oxygens (including phenoxy) is 1. The van der Waals surface area contributed by atoms with Crippen LogP contribution in [0, 0.1) is 6.92 Å². The van der Waals surface area contributed by atoms with Crippen molar-refractivity contribution in [3.8, 4) is 5.75 Å². The molecule has 6 nitrogen and oxygen atoms in total. The number of amides is 2. The third-order valence-electron chi connectivity index (χ3n) is 4.86. The number of aryl methyl sites for hydroxylation is 1. The Balaban J connectivity index is 1.61. The second-order valence-corrected chi connectivity index (χ2v) is 6.69. The fourth-order valence-corrected chi connectivity index (χ4v) is 3.32. The average molecular weight is 367 g/mol. The van der Waals surface area contributed by atoms with Crippen LogP contribution in [0.1, 0.15) is 28.0 Å². The fourth-order valence-electron chi connectivity index (χ4n) is 3.32. The zero-order chi connectivity index (χ0) is 19.2. The number of hydrogen-bond acceptors (Lipinski definition) is 4. The summed E-state index contributed by atoms with van der Waals surface area (Å²) in [6, 6.07) is 11.2. The second kappa shape index (κ2) is 8.66. The topological polar surface area (TPSA) is 62.7 Å². The van der Waals surface area contributed by atoms with Gasteiger partial charge in [0.1, 0.15) is 5.75 Å². The normalized spacial score (nSPS) is 14.6. The van der Waals surface area contributed by atoms with Crippen molar-refractivity contribution in [3.05, 3.63) is 59.4 Å². The van der Waals surface area contributed by atoms with E-state index in [2.05, 4.69) is 4.98 Å². The summed E-state index contributed by atoms with van der Waals surface area (Å²) in [5.41, 5.74) is 2.30. The van der Waals surface area contributed by atoms with E-state index in [0.29, 0.717) is 38.2 Å². The van der Waals surface area contributed by atoms with Gasteiger partial charge in [-0.15, -0.1) is 0 Å². The zero-order valence-electron chi connectivity index (χ0n) is 15.9. The fraction of sp³-hybridized carbons (Fsp3) is 0.381. The Bertz CT molecular complexity index is 822. The number of carbonyl (C=O) groups excluding carboxylic acids is 2. The SMILES string of the molecule is COc1cccc(CC(=O)N2CCCN(C(=O)c3cccnc3C)CC2)c1. The number of carbonyl (C=O) groups is 2. The van der Waals surface area contributed by atoms with Crippen LogP contribution in [-0.2, 0) is 11.2 Å². The van der Waals surface area contributed by atoms with Gasteiger partial charge in [0.15, 0.2) is 0 Å². The van der Waals surface area contributed by atoms with Crippen LogP contribution in [0.3, 0.4) is 0 Å². The van der Waals surface area contributed by atoms with Crippen molar-refractivity contribution >= 4 is 11.8 Å². The van der Waals surface area contributed by atoms with Crippen molar-refractivity contribution < 1.29 is 14.3 Å². The molecule has 2 aromatic rings. The van der Waals surface area contributed by atoms with E-state index in [1.807, 2.05) is 41.0 Å². The van der Waals surface area contributed by atoms with Crippen molar-refractivity contribution in [2.24, 2.45) is 0 Å². The highest BCUT2D eigenvalue weighted by Gasteiger charge is 2.23. The largest absolute Gasteiger partial charge is 0.497 e. The molecule has 1 aliphatic heterocycles. The van der Waals surface area contributed by atoms with Crippen LogP contribution in [0.2, 0.25) is 0 Å². The molecule has 1 aliphatic rings. The maximum absolute atomic E-state index is 12.8. The van der Waals surface area contributed by atoms with E-state index in [0.717, 1.165) is 23.4 Å². The first kappa shape index (κ1) is 18.9. The molecule has 142 valence electrons. The molecule has 0 saturated carbocycles. The summed E-state index contributed by atoms with van der Waals surface area (Å²) in [6.07, 6.45) is 2.80. The summed E-state index contributed by atoms with van der Waals surface area (Å²) < 4.78 is 5.22. The molecule has 6 heteroatoms. The molecule has 1 aromatic carbocycles. The predicted molar refractivity (Wildman–Crippen MR) is 103 cm³/mol. The van der Waals surface area contributed by atoms with Crippen molar-refractivity contribution in [3.63, 3.8) is 0 Å². The first-order valence-corrected chi connectivity index (χ1v) is 9.20. The van der Waals surface area contributed by atoms with Gasteiger partial charge in [0.25, 0.3) is 5.91 Å². The molecule has 2 amide bonds. The van der Waals surface area contributed by atoms with Crippen molar-refractivity contribution in [2.75, 3.05) is 33.3 Å². The molecule has 0 aliphatic carbocycles. The monoisotopic (exact) mass is 367 g/mol. The smallest absolute Gasteiger partial charge is 0.255 e. The van der Waals surface area contributed by atoms with Crippen molar-refractivity contribution in [1.29, 1.82) is 0 Å². The molecule has 1 saturated heterocycles. The second-order valence-electron chi connectivity index (χ2n) is 6.69.